The van der Waals surface area contributed by atoms with E-state index in [0.717, 1.165) is 29.3 Å². The second kappa shape index (κ2) is 8.35. The Labute approximate surface area is 170 Å². The smallest absolute Gasteiger partial charge is 0.270 e. The van der Waals surface area contributed by atoms with E-state index < -0.39 is 0 Å². The molecule has 1 aliphatic heterocycles. The van der Waals surface area contributed by atoms with Gasteiger partial charge in [-0.25, -0.2) is 0 Å². The lowest BCUT2D eigenvalue weighted by Crippen LogP contribution is -2.42. The number of hydrogen-bond acceptors (Lipinski definition) is 2. The molecule has 2 amide bonds. The van der Waals surface area contributed by atoms with Gasteiger partial charge in [0.1, 0.15) is 5.70 Å². The molecule has 5 nitrogen and oxygen atoms in total. The number of likely N-dealkylation sites (tertiary alicyclic amines) is 1. The van der Waals surface area contributed by atoms with Gasteiger partial charge in [0.25, 0.3) is 11.8 Å². The summed E-state index contributed by atoms with van der Waals surface area (Å²) in [6.07, 6.45) is 5.61. The Morgan fingerprint density at radius 3 is 2.48 bits per heavy atom. The fourth-order valence-electron chi connectivity index (χ4n) is 3.69. The molecule has 2 N–H and O–H groups in total. The molecule has 2 aromatic carbocycles. The highest BCUT2D eigenvalue weighted by molar-refractivity contribution is 6.06. The highest BCUT2D eigenvalue weighted by atomic mass is 16.2. The number of aromatic nitrogens is 1. The van der Waals surface area contributed by atoms with E-state index in [1.165, 1.54) is 0 Å². The lowest BCUT2D eigenvalue weighted by molar-refractivity contribution is -0.128. The highest BCUT2D eigenvalue weighted by Crippen LogP contribution is 2.22. The molecule has 0 radical (unpaired) electrons. The van der Waals surface area contributed by atoms with Crippen molar-refractivity contribution >= 4 is 28.8 Å². The van der Waals surface area contributed by atoms with Crippen LogP contribution in [-0.2, 0) is 4.79 Å². The molecule has 1 aromatic heterocycles. The zero-order valence-corrected chi connectivity index (χ0v) is 16.5. The zero-order valence-electron chi connectivity index (χ0n) is 16.5. The molecular weight excluding hydrogens is 362 g/mol. The van der Waals surface area contributed by atoms with Gasteiger partial charge in [0.05, 0.1) is 0 Å². The first-order chi connectivity index (χ1) is 14.1. The van der Waals surface area contributed by atoms with Gasteiger partial charge < -0.3 is 15.2 Å². The first-order valence-corrected chi connectivity index (χ1v) is 10.1. The molecule has 0 saturated carbocycles. The van der Waals surface area contributed by atoms with Crippen molar-refractivity contribution in [1.82, 2.24) is 15.2 Å². The number of nitrogens with zero attached hydrogens (tertiary/aromatic N) is 1. The average molecular weight is 387 g/mol. The molecule has 3 aromatic rings. The quantitative estimate of drug-likeness (QED) is 0.659. The number of nitrogens with one attached hydrogen (secondary N) is 2. The summed E-state index contributed by atoms with van der Waals surface area (Å²) in [7, 11) is 0. The minimum absolute atomic E-state index is 0.133. The predicted octanol–water partition coefficient (Wildman–Crippen LogP) is 4.20. The van der Waals surface area contributed by atoms with Crippen LogP contribution in [0.2, 0.25) is 0 Å². The number of aromatic amines is 1. The predicted molar refractivity (Wildman–Crippen MR) is 115 cm³/mol. The van der Waals surface area contributed by atoms with E-state index in [1.54, 1.807) is 18.2 Å². The van der Waals surface area contributed by atoms with Crippen LogP contribution >= 0.6 is 0 Å². The first-order valence-electron chi connectivity index (χ1n) is 10.1. The van der Waals surface area contributed by atoms with Crippen molar-refractivity contribution in [2.24, 2.45) is 5.92 Å². The van der Waals surface area contributed by atoms with E-state index in [4.69, 9.17) is 0 Å². The molecule has 1 aliphatic rings. The third-order valence-corrected chi connectivity index (χ3v) is 5.51. The maximum absolute atomic E-state index is 13.3. The summed E-state index contributed by atoms with van der Waals surface area (Å²) in [5.41, 5.74) is 2.70. The van der Waals surface area contributed by atoms with Crippen LogP contribution in [0.3, 0.4) is 0 Å². The molecule has 2 heterocycles. The monoisotopic (exact) mass is 387 g/mol. The Balaban J connectivity index is 1.66. The van der Waals surface area contributed by atoms with Gasteiger partial charge in [-0.05, 0) is 43.0 Å². The lowest BCUT2D eigenvalue weighted by atomic mass is 9.99. The highest BCUT2D eigenvalue weighted by Gasteiger charge is 2.24. The van der Waals surface area contributed by atoms with E-state index in [9.17, 15) is 9.59 Å². The van der Waals surface area contributed by atoms with Crippen molar-refractivity contribution in [2.75, 3.05) is 13.1 Å². The number of carbonyl (C=O) groups excluding carboxylic acids is 2. The van der Waals surface area contributed by atoms with Crippen molar-refractivity contribution in [2.45, 2.75) is 19.8 Å². The number of amides is 2. The molecule has 0 spiro atoms. The number of carbonyl (C=O) groups is 2. The number of hydrogen-bond donors (Lipinski definition) is 2. The van der Waals surface area contributed by atoms with Gasteiger partial charge in [-0.3, -0.25) is 9.59 Å². The summed E-state index contributed by atoms with van der Waals surface area (Å²) < 4.78 is 0. The van der Waals surface area contributed by atoms with Crippen molar-refractivity contribution in [3.63, 3.8) is 0 Å². The molecule has 1 saturated heterocycles. The van der Waals surface area contributed by atoms with E-state index in [0.29, 0.717) is 30.3 Å². The Morgan fingerprint density at radius 2 is 1.72 bits per heavy atom. The minimum Gasteiger partial charge on any atom is -0.361 e. The largest absolute Gasteiger partial charge is 0.361 e. The normalized spacial score (nSPS) is 15.5. The number of fused-ring (bicyclic) bond motifs is 1. The van der Waals surface area contributed by atoms with E-state index in [2.05, 4.69) is 17.2 Å². The van der Waals surface area contributed by atoms with Gasteiger partial charge in [0.2, 0.25) is 0 Å². The SMILES string of the molecule is CC1CCN(C(=O)C(=Cc2c[nH]c3ccccc23)NC(=O)c2ccccc2)CC1. The second-order valence-electron chi connectivity index (χ2n) is 7.64. The van der Waals surface area contributed by atoms with E-state index in [-0.39, 0.29) is 11.8 Å². The Morgan fingerprint density at radius 1 is 1.03 bits per heavy atom. The van der Waals surface area contributed by atoms with Gasteiger partial charge in [-0.1, -0.05) is 43.3 Å². The molecule has 4 rings (SSSR count). The molecule has 148 valence electrons. The van der Waals surface area contributed by atoms with Gasteiger partial charge in [0, 0.05) is 41.3 Å². The third kappa shape index (κ3) is 4.24. The molecule has 0 bridgehead atoms. The molecule has 29 heavy (non-hydrogen) atoms. The molecule has 0 unspecified atom stereocenters. The Hall–Kier alpha value is -3.34. The van der Waals surface area contributed by atoms with Crippen molar-refractivity contribution in [3.05, 3.63) is 77.6 Å². The van der Waals surface area contributed by atoms with Gasteiger partial charge in [0.15, 0.2) is 0 Å². The van der Waals surface area contributed by atoms with Crippen LogP contribution in [0, 0.1) is 5.92 Å². The third-order valence-electron chi connectivity index (χ3n) is 5.51. The van der Waals surface area contributed by atoms with E-state index >= 15 is 0 Å². The van der Waals surface area contributed by atoms with Gasteiger partial charge in [-0.15, -0.1) is 0 Å². The molecular formula is C24H25N3O2. The standard InChI is InChI=1S/C24H25N3O2/c1-17-11-13-27(14-12-17)24(29)22(26-23(28)18-7-3-2-4-8-18)15-19-16-25-21-10-6-5-9-20(19)21/h2-10,15-17,25H,11-14H2,1H3,(H,26,28). The molecule has 5 heteroatoms. The van der Waals surface area contributed by atoms with Gasteiger partial charge >= 0.3 is 0 Å². The maximum atomic E-state index is 13.3. The first kappa shape index (κ1) is 19.0. The molecule has 0 aliphatic carbocycles. The van der Waals surface area contributed by atoms with Crippen LogP contribution in [0.25, 0.3) is 17.0 Å². The number of piperidine rings is 1. The van der Waals surface area contributed by atoms with Crippen LogP contribution in [-0.4, -0.2) is 34.8 Å². The minimum atomic E-state index is -0.282. The van der Waals surface area contributed by atoms with Crippen LogP contribution in [0.5, 0.6) is 0 Å². The van der Waals surface area contributed by atoms with Crippen LogP contribution < -0.4 is 5.32 Å². The van der Waals surface area contributed by atoms with Crippen LogP contribution in [0.1, 0.15) is 35.7 Å². The molecule has 0 atom stereocenters. The summed E-state index contributed by atoms with van der Waals surface area (Å²) in [4.78, 5) is 31.1. The van der Waals surface area contributed by atoms with Crippen molar-refractivity contribution in [1.29, 1.82) is 0 Å². The lowest BCUT2D eigenvalue weighted by Gasteiger charge is -2.31. The fraction of sp³-hybridized carbons (Fsp3) is 0.250. The Bertz CT molecular complexity index is 1040. The van der Waals surface area contributed by atoms with Crippen LogP contribution in [0.15, 0.2) is 66.5 Å². The summed E-state index contributed by atoms with van der Waals surface area (Å²) in [6.45, 7) is 3.64. The van der Waals surface area contributed by atoms with Crippen molar-refractivity contribution in [3.8, 4) is 0 Å². The number of rotatable bonds is 4. The number of H-pyrrole nitrogens is 1. The maximum Gasteiger partial charge on any atom is 0.270 e. The van der Waals surface area contributed by atoms with Crippen LogP contribution in [0.4, 0.5) is 0 Å². The number of benzene rings is 2. The van der Waals surface area contributed by atoms with E-state index in [1.807, 2.05) is 53.6 Å². The average Bonchev–Trinajstić information content (AvgIpc) is 3.17. The van der Waals surface area contributed by atoms with Gasteiger partial charge in [-0.2, -0.15) is 0 Å². The topological polar surface area (TPSA) is 65.2 Å². The second-order valence-corrected chi connectivity index (χ2v) is 7.64. The summed E-state index contributed by atoms with van der Waals surface area (Å²) in [6, 6.07) is 16.9. The summed E-state index contributed by atoms with van der Waals surface area (Å²) >= 11 is 0. The summed E-state index contributed by atoms with van der Waals surface area (Å²) in [5.74, 6) is 0.209. The van der Waals surface area contributed by atoms with Crippen molar-refractivity contribution < 1.29 is 9.59 Å². The fourth-order valence-corrected chi connectivity index (χ4v) is 3.69. The Kier molecular flexibility index (Phi) is 5.47. The zero-order chi connectivity index (χ0) is 20.2. The molecule has 1 fully saturated rings. The summed E-state index contributed by atoms with van der Waals surface area (Å²) in [5, 5.41) is 3.87. The number of para-hydroxylation sites is 1.